The zero-order valence-corrected chi connectivity index (χ0v) is 18.4. The molecular weight excluding hydrogens is 414 g/mol. The standard InChI is InChI=1S/C23H28ClN5O2/c1-14-10-15(4-2-6-18(14)23(31)29-9-3-5-17(29)12-25)22(30)26-13-21-27-19-8-7-16(24)11-20(19)28-21/h2,4,7-8,11,15,17H,3,5-6,9-10,12-13,25H2,1H3,(H,26,30)(H,27,28). The molecule has 2 aliphatic rings. The first-order valence-electron chi connectivity index (χ1n) is 10.7. The number of aromatic amines is 1. The number of H-pyrrole nitrogens is 1. The van der Waals surface area contributed by atoms with Crippen LogP contribution in [0.3, 0.4) is 0 Å². The maximum atomic E-state index is 13.1. The third-order valence-corrected chi connectivity index (χ3v) is 6.39. The molecule has 0 saturated carbocycles. The van der Waals surface area contributed by atoms with Gasteiger partial charge in [-0.2, -0.15) is 0 Å². The number of hydrogen-bond donors (Lipinski definition) is 3. The molecular formula is C23H28ClN5O2. The normalized spacial score (nSPS) is 21.6. The molecule has 31 heavy (non-hydrogen) atoms. The molecule has 4 N–H and O–H groups in total. The molecule has 1 aromatic carbocycles. The molecule has 1 aromatic heterocycles. The van der Waals surface area contributed by atoms with Crippen LogP contribution in [0.15, 0.2) is 41.5 Å². The molecule has 1 aliphatic carbocycles. The molecule has 0 bridgehead atoms. The molecule has 0 radical (unpaired) electrons. The number of nitrogens with one attached hydrogen (secondary N) is 2. The fourth-order valence-electron chi connectivity index (χ4n) is 4.44. The van der Waals surface area contributed by atoms with Gasteiger partial charge in [-0.05, 0) is 50.8 Å². The van der Waals surface area contributed by atoms with E-state index in [9.17, 15) is 9.59 Å². The lowest BCUT2D eigenvalue weighted by atomic mass is 9.97. The molecule has 2 aromatic rings. The molecule has 1 fully saturated rings. The maximum Gasteiger partial charge on any atom is 0.250 e. The number of likely N-dealkylation sites (tertiary alicyclic amines) is 1. The Morgan fingerprint density at radius 3 is 3.03 bits per heavy atom. The van der Waals surface area contributed by atoms with Gasteiger partial charge in [0, 0.05) is 29.7 Å². The lowest BCUT2D eigenvalue weighted by molar-refractivity contribution is -0.128. The van der Waals surface area contributed by atoms with E-state index in [0.29, 0.717) is 36.8 Å². The van der Waals surface area contributed by atoms with Crippen LogP contribution in [-0.2, 0) is 16.1 Å². The van der Waals surface area contributed by atoms with Crippen LogP contribution in [0.1, 0.15) is 38.4 Å². The van der Waals surface area contributed by atoms with Gasteiger partial charge in [0.05, 0.1) is 23.5 Å². The van der Waals surface area contributed by atoms with Gasteiger partial charge in [0.25, 0.3) is 0 Å². The Balaban J connectivity index is 1.40. The van der Waals surface area contributed by atoms with Crippen molar-refractivity contribution in [2.75, 3.05) is 13.1 Å². The summed E-state index contributed by atoms with van der Waals surface area (Å²) in [6, 6.07) is 5.56. The van der Waals surface area contributed by atoms with Crippen molar-refractivity contribution in [3.8, 4) is 0 Å². The van der Waals surface area contributed by atoms with Gasteiger partial charge < -0.3 is 20.9 Å². The van der Waals surface area contributed by atoms with Gasteiger partial charge in [-0.15, -0.1) is 0 Å². The van der Waals surface area contributed by atoms with E-state index in [1.54, 1.807) is 6.07 Å². The third kappa shape index (κ3) is 4.67. The molecule has 2 atom stereocenters. The van der Waals surface area contributed by atoms with E-state index in [0.717, 1.165) is 41.6 Å². The highest BCUT2D eigenvalue weighted by Crippen LogP contribution is 2.28. The van der Waals surface area contributed by atoms with Crippen LogP contribution >= 0.6 is 11.6 Å². The second-order valence-electron chi connectivity index (χ2n) is 8.29. The number of imidazole rings is 1. The summed E-state index contributed by atoms with van der Waals surface area (Å²) in [7, 11) is 0. The van der Waals surface area contributed by atoms with E-state index >= 15 is 0 Å². The number of benzene rings is 1. The van der Waals surface area contributed by atoms with Crippen LogP contribution in [0.5, 0.6) is 0 Å². The minimum Gasteiger partial charge on any atom is -0.348 e. The Bertz CT molecular complexity index is 1060. The molecule has 7 nitrogen and oxygen atoms in total. The summed E-state index contributed by atoms with van der Waals surface area (Å²) in [6.45, 7) is 3.51. The van der Waals surface area contributed by atoms with Gasteiger partial charge in [-0.3, -0.25) is 9.59 Å². The molecule has 1 aliphatic heterocycles. The van der Waals surface area contributed by atoms with Crippen LogP contribution in [0.4, 0.5) is 0 Å². The van der Waals surface area contributed by atoms with Crippen molar-refractivity contribution in [1.82, 2.24) is 20.2 Å². The van der Waals surface area contributed by atoms with Gasteiger partial charge in [0.15, 0.2) is 0 Å². The number of aromatic nitrogens is 2. The second-order valence-corrected chi connectivity index (χ2v) is 8.73. The number of nitrogens with two attached hydrogens (primary N) is 1. The largest absolute Gasteiger partial charge is 0.348 e. The van der Waals surface area contributed by atoms with Crippen LogP contribution in [0, 0.1) is 5.92 Å². The average molecular weight is 442 g/mol. The summed E-state index contributed by atoms with van der Waals surface area (Å²) in [5.41, 5.74) is 9.25. The van der Waals surface area contributed by atoms with Crippen molar-refractivity contribution in [1.29, 1.82) is 0 Å². The smallest absolute Gasteiger partial charge is 0.250 e. The van der Waals surface area contributed by atoms with Gasteiger partial charge in [-0.1, -0.05) is 29.3 Å². The molecule has 2 unspecified atom stereocenters. The number of carbonyl (C=O) groups is 2. The number of hydrogen-bond acceptors (Lipinski definition) is 4. The van der Waals surface area contributed by atoms with Crippen molar-refractivity contribution in [3.05, 3.63) is 52.3 Å². The Morgan fingerprint density at radius 1 is 1.39 bits per heavy atom. The summed E-state index contributed by atoms with van der Waals surface area (Å²) < 4.78 is 0. The zero-order chi connectivity index (χ0) is 22.0. The first-order valence-corrected chi connectivity index (χ1v) is 11.1. The number of allylic oxidation sites excluding steroid dienone is 2. The quantitative estimate of drug-likeness (QED) is 0.620. The first kappa shape index (κ1) is 21.6. The molecule has 0 spiro atoms. The molecule has 2 heterocycles. The zero-order valence-electron chi connectivity index (χ0n) is 17.7. The predicted octanol–water partition coefficient (Wildman–Crippen LogP) is 3.06. The fourth-order valence-corrected chi connectivity index (χ4v) is 4.61. The topological polar surface area (TPSA) is 104 Å². The van der Waals surface area contributed by atoms with Crippen molar-refractivity contribution >= 4 is 34.4 Å². The Kier molecular flexibility index (Phi) is 6.43. The van der Waals surface area contributed by atoms with E-state index in [4.69, 9.17) is 17.3 Å². The van der Waals surface area contributed by atoms with E-state index < -0.39 is 0 Å². The summed E-state index contributed by atoms with van der Waals surface area (Å²) in [5, 5.41) is 3.59. The average Bonchev–Trinajstić information content (AvgIpc) is 3.34. The van der Waals surface area contributed by atoms with Crippen LogP contribution in [0.25, 0.3) is 11.0 Å². The number of nitrogens with zero attached hydrogens (tertiary/aromatic N) is 2. The van der Waals surface area contributed by atoms with Crippen molar-refractivity contribution < 1.29 is 9.59 Å². The minimum absolute atomic E-state index is 0.0668. The highest BCUT2D eigenvalue weighted by Gasteiger charge is 2.31. The third-order valence-electron chi connectivity index (χ3n) is 6.16. The van der Waals surface area contributed by atoms with Gasteiger partial charge in [0.1, 0.15) is 5.82 Å². The Morgan fingerprint density at radius 2 is 2.23 bits per heavy atom. The number of fused-ring (bicyclic) bond motifs is 1. The predicted molar refractivity (Wildman–Crippen MR) is 121 cm³/mol. The minimum atomic E-state index is -0.312. The fraction of sp³-hybridized carbons (Fsp3) is 0.435. The SMILES string of the molecule is CC1=C(C(=O)N2CCCC2CN)CC=CC(C(=O)NCc2nc3ccc(Cl)cc3[nH]2)C1. The number of amides is 2. The van der Waals surface area contributed by atoms with E-state index in [1.807, 2.05) is 36.1 Å². The lowest BCUT2D eigenvalue weighted by Gasteiger charge is -2.25. The Labute approximate surface area is 186 Å². The summed E-state index contributed by atoms with van der Waals surface area (Å²) in [4.78, 5) is 35.5. The number of halogens is 1. The highest BCUT2D eigenvalue weighted by atomic mass is 35.5. The molecule has 164 valence electrons. The van der Waals surface area contributed by atoms with E-state index in [-0.39, 0.29) is 23.8 Å². The summed E-state index contributed by atoms with van der Waals surface area (Å²) in [5.74, 6) is 0.349. The molecule has 8 heteroatoms. The molecule has 4 rings (SSSR count). The van der Waals surface area contributed by atoms with Crippen molar-refractivity contribution in [3.63, 3.8) is 0 Å². The van der Waals surface area contributed by atoms with Gasteiger partial charge in [0.2, 0.25) is 11.8 Å². The van der Waals surface area contributed by atoms with Crippen molar-refractivity contribution in [2.24, 2.45) is 11.7 Å². The van der Waals surface area contributed by atoms with Crippen LogP contribution < -0.4 is 11.1 Å². The number of carbonyl (C=O) groups excluding carboxylic acids is 2. The number of rotatable bonds is 5. The van der Waals surface area contributed by atoms with Crippen molar-refractivity contribution in [2.45, 2.75) is 45.2 Å². The second kappa shape index (κ2) is 9.24. The van der Waals surface area contributed by atoms with Gasteiger partial charge in [-0.25, -0.2) is 4.98 Å². The van der Waals surface area contributed by atoms with E-state index in [1.165, 1.54) is 0 Å². The molecule has 1 saturated heterocycles. The monoisotopic (exact) mass is 441 g/mol. The Hall–Kier alpha value is -2.64. The van der Waals surface area contributed by atoms with E-state index in [2.05, 4.69) is 15.3 Å². The van der Waals surface area contributed by atoms with Crippen LogP contribution in [0.2, 0.25) is 5.02 Å². The maximum absolute atomic E-state index is 13.1. The molecule has 2 amide bonds. The van der Waals surface area contributed by atoms with Crippen LogP contribution in [-0.4, -0.2) is 45.8 Å². The first-order chi connectivity index (χ1) is 15.0. The van der Waals surface area contributed by atoms with Gasteiger partial charge >= 0.3 is 0 Å². The lowest BCUT2D eigenvalue weighted by Crippen LogP contribution is -2.40. The summed E-state index contributed by atoms with van der Waals surface area (Å²) >= 11 is 6.02. The highest BCUT2D eigenvalue weighted by molar-refractivity contribution is 6.31. The summed E-state index contributed by atoms with van der Waals surface area (Å²) in [6.07, 6.45) is 6.87.